The third-order valence-corrected chi connectivity index (χ3v) is 4.41. The second-order valence-electron chi connectivity index (χ2n) is 6.21. The number of ketones is 1. The summed E-state index contributed by atoms with van der Waals surface area (Å²) in [5.41, 5.74) is 1.95. The predicted molar refractivity (Wildman–Crippen MR) is 91.4 cm³/mol. The second-order valence-corrected chi connectivity index (χ2v) is 6.21. The summed E-state index contributed by atoms with van der Waals surface area (Å²) in [5, 5.41) is 0. The number of nitrogens with one attached hydrogen (secondary N) is 1. The Hall–Kier alpha value is -3.16. The molecule has 7 nitrogen and oxygen atoms in total. The molecule has 0 unspecified atom stereocenters. The smallest absolute Gasteiger partial charge is 0.348 e. The molecule has 8 heteroatoms. The van der Waals surface area contributed by atoms with E-state index in [1.165, 1.54) is 25.3 Å². The number of carbonyl (C=O) groups is 3. The molecule has 27 heavy (non-hydrogen) atoms. The van der Waals surface area contributed by atoms with E-state index >= 15 is 0 Å². The summed E-state index contributed by atoms with van der Waals surface area (Å²) in [6, 6.07) is 3.99. The van der Waals surface area contributed by atoms with Crippen molar-refractivity contribution in [2.75, 3.05) is 13.7 Å². The molecule has 1 aliphatic heterocycles. The number of hydrogen-bond donors (Lipinski definition) is 1. The number of H-pyrrole nitrogens is 1. The molecule has 1 aromatic carbocycles. The van der Waals surface area contributed by atoms with Crippen LogP contribution in [0.2, 0.25) is 0 Å². The van der Waals surface area contributed by atoms with Gasteiger partial charge in [0.05, 0.1) is 18.4 Å². The van der Waals surface area contributed by atoms with Gasteiger partial charge >= 0.3 is 11.9 Å². The summed E-state index contributed by atoms with van der Waals surface area (Å²) >= 11 is 0. The molecule has 3 rings (SSSR count). The molecule has 0 amide bonds. The van der Waals surface area contributed by atoms with E-state index in [2.05, 4.69) is 4.98 Å². The molecule has 0 radical (unpaired) electrons. The molecule has 1 N–H and O–H groups in total. The molecule has 1 aliphatic rings. The van der Waals surface area contributed by atoms with Crippen molar-refractivity contribution in [2.45, 2.75) is 26.4 Å². The van der Waals surface area contributed by atoms with Gasteiger partial charge in [-0.1, -0.05) is 0 Å². The summed E-state index contributed by atoms with van der Waals surface area (Å²) in [4.78, 5) is 39.1. The first-order valence-electron chi connectivity index (χ1n) is 8.24. The first-order valence-corrected chi connectivity index (χ1v) is 8.24. The lowest BCUT2D eigenvalue weighted by atomic mass is 10.1. The monoisotopic (exact) mass is 375 g/mol. The molecular weight excluding hydrogens is 357 g/mol. The standard InChI is InChI=1S/C19H18FNO6/c1-9-16(19(24)25-3)10(2)21-17(9)13(22)8-26-18(23)15-7-11-6-12(20)4-5-14(11)27-15/h4-6,15,21H,7-8H2,1-3H3/t15-/m1/s1. The van der Waals surface area contributed by atoms with Crippen molar-refractivity contribution >= 4 is 17.7 Å². The van der Waals surface area contributed by atoms with Crippen LogP contribution in [0.5, 0.6) is 5.75 Å². The van der Waals surface area contributed by atoms with Crippen LogP contribution in [0, 0.1) is 19.7 Å². The molecule has 0 saturated heterocycles. The molecule has 2 aromatic rings. The van der Waals surface area contributed by atoms with Crippen LogP contribution in [0.4, 0.5) is 4.39 Å². The first-order chi connectivity index (χ1) is 12.8. The van der Waals surface area contributed by atoms with Crippen LogP contribution >= 0.6 is 0 Å². The summed E-state index contributed by atoms with van der Waals surface area (Å²) in [6.07, 6.45) is -0.750. The quantitative estimate of drug-likeness (QED) is 0.636. The fraction of sp³-hybridized carbons (Fsp3) is 0.316. The zero-order valence-electron chi connectivity index (χ0n) is 15.1. The third-order valence-electron chi connectivity index (χ3n) is 4.41. The number of aromatic amines is 1. The van der Waals surface area contributed by atoms with Crippen LogP contribution in [-0.4, -0.2) is 42.5 Å². The van der Waals surface area contributed by atoms with Gasteiger partial charge in [0.15, 0.2) is 12.7 Å². The van der Waals surface area contributed by atoms with Gasteiger partial charge in [-0.3, -0.25) is 4.79 Å². The van der Waals surface area contributed by atoms with E-state index in [-0.39, 0.29) is 17.7 Å². The highest BCUT2D eigenvalue weighted by Crippen LogP contribution is 2.29. The summed E-state index contributed by atoms with van der Waals surface area (Å²) in [6.45, 7) is 2.74. The van der Waals surface area contributed by atoms with E-state index in [1.807, 2.05) is 0 Å². The van der Waals surface area contributed by atoms with E-state index in [0.29, 0.717) is 22.6 Å². The van der Waals surface area contributed by atoms with Crippen molar-refractivity contribution in [3.63, 3.8) is 0 Å². The fourth-order valence-corrected chi connectivity index (χ4v) is 3.09. The lowest BCUT2D eigenvalue weighted by Gasteiger charge is -2.10. The number of methoxy groups -OCH3 is 1. The minimum Gasteiger partial charge on any atom is -0.478 e. The molecule has 0 fully saturated rings. The van der Waals surface area contributed by atoms with Crippen LogP contribution in [0.1, 0.15) is 37.7 Å². The Labute approximate surface area is 154 Å². The minimum atomic E-state index is -0.924. The van der Waals surface area contributed by atoms with Crippen molar-refractivity contribution < 1.29 is 33.0 Å². The van der Waals surface area contributed by atoms with Gasteiger partial charge < -0.3 is 19.2 Å². The SMILES string of the molecule is COC(=O)c1c(C)[nH]c(C(=O)COC(=O)[C@H]2Cc3cc(F)ccc3O2)c1C. The zero-order valence-corrected chi connectivity index (χ0v) is 15.1. The van der Waals surface area contributed by atoms with E-state index in [4.69, 9.17) is 14.2 Å². The molecule has 142 valence electrons. The van der Waals surface area contributed by atoms with Gasteiger partial charge in [0.2, 0.25) is 5.78 Å². The van der Waals surface area contributed by atoms with Gasteiger partial charge in [-0.2, -0.15) is 0 Å². The Balaban J connectivity index is 1.63. The Morgan fingerprint density at radius 2 is 2.04 bits per heavy atom. The average Bonchev–Trinajstić information content (AvgIpc) is 3.19. The Morgan fingerprint density at radius 1 is 1.30 bits per heavy atom. The van der Waals surface area contributed by atoms with Gasteiger partial charge in [-0.25, -0.2) is 14.0 Å². The number of esters is 2. The maximum absolute atomic E-state index is 13.2. The average molecular weight is 375 g/mol. The summed E-state index contributed by atoms with van der Waals surface area (Å²) in [7, 11) is 1.25. The van der Waals surface area contributed by atoms with E-state index < -0.39 is 36.2 Å². The largest absolute Gasteiger partial charge is 0.478 e. The summed E-state index contributed by atoms with van der Waals surface area (Å²) < 4.78 is 28.4. The van der Waals surface area contributed by atoms with Crippen LogP contribution in [0.3, 0.4) is 0 Å². The normalized spacial score (nSPS) is 15.0. The van der Waals surface area contributed by atoms with Crippen molar-refractivity contribution in [1.82, 2.24) is 4.98 Å². The Kier molecular flexibility index (Phi) is 4.98. The molecule has 0 saturated carbocycles. The molecule has 0 spiro atoms. The van der Waals surface area contributed by atoms with Gasteiger partial charge in [0, 0.05) is 17.7 Å². The number of fused-ring (bicyclic) bond motifs is 1. The first kappa shape index (κ1) is 18.6. The van der Waals surface area contributed by atoms with E-state index in [1.54, 1.807) is 13.8 Å². The number of ether oxygens (including phenoxy) is 3. The lowest BCUT2D eigenvalue weighted by Crippen LogP contribution is -2.29. The van der Waals surface area contributed by atoms with Gasteiger partial charge in [-0.05, 0) is 37.6 Å². The zero-order chi connectivity index (χ0) is 19.7. The molecular formula is C19H18FNO6. The number of aryl methyl sites for hydroxylation is 1. The molecule has 1 atom stereocenters. The maximum Gasteiger partial charge on any atom is 0.348 e. The molecule has 0 aliphatic carbocycles. The maximum atomic E-state index is 13.2. The third kappa shape index (κ3) is 3.55. The number of hydrogen-bond acceptors (Lipinski definition) is 6. The Morgan fingerprint density at radius 3 is 2.74 bits per heavy atom. The van der Waals surface area contributed by atoms with Crippen molar-refractivity contribution in [2.24, 2.45) is 0 Å². The Bertz CT molecular complexity index is 933. The fourth-order valence-electron chi connectivity index (χ4n) is 3.09. The highest BCUT2D eigenvalue weighted by atomic mass is 19.1. The van der Waals surface area contributed by atoms with Gasteiger partial charge in [0.1, 0.15) is 11.6 Å². The molecule has 2 heterocycles. The number of carbonyl (C=O) groups excluding carboxylic acids is 3. The second kappa shape index (κ2) is 7.22. The van der Waals surface area contributed by atoms with E-state index in [9.17, 15) is 18.8 Å². The summed E-state index contributed by atoms with van der Waals surface area (Å²) in [5.74, 6) is -1.75. The van der Waals surface area contributed by atoms with Gasteiger partial charge in [0.25, 0.3) is 0 Å². The van der Waals surface area contributed by atoms with Gasteiger partial charge in [-0.15, -0.1) is 0 Å². The highest BCUT2D eigenvalue weighted by Gasteiger charge is 2.31. The number of benzene rings is 1. The molecule has 1 aromatic heterocycles. The number of Topliss-reactive ketones (excluding diaryl/α,β-unsaturated/α-hetero) is 1. The van der Waals surface area contributed by atoms with Crippen LogP contribution in [-0.2, 0) is 20.7 Å². The number of aromatic nitrogens is 1. The minimum absolute atomic E-state index is 0.174. The van der Waals surface area contributed by atoms with Crippen molar-refractivity contribution in [3.05, 3.63) is 52.1 Å². The van der Waals surface area contributed by atoms with Crippen LogP contribution in [0.15, 0.2) is 18.2 Å². The predicted octanol–water partition coefficient (Wildman–Crippen LogP) is 2.29. The van der Waals surface area contributed by atoms with Crippen molar-refractivity contribution in [1.29, 1.82) is 0 Å². The topological polar surface area (TPSA) is 94.7 Å². The number of rotatable bonds is 5. The van der Waals surface area contributed by atoms with E-state index in [0.717, 1.165) is 0 Å². The highest BCUT2D eigenvalue weighted by molar-refractivity contribution is 6.02. The molecule has 0 bridgehead atoms. The van der Waals surface area contributed by atoms with Crippen LogP contribution < -0.4 is 4.74 Å². The lowest BCUT2D eigenvalue weighted by molar-refractivity contribution is -0.149. The van der Waals surface area contributed by atoms with Crippen LogP contribution in [0.25, 0.3) is 0 Å². The number of halogens is 1. The van der Waals surface area contributed by atoms with Crippen molar-refractivity contribution in [3.8, 4) is 5.75 Å².